The molecule has 2 aromatic carbocycles. The molecule has 2 atom stereocenters. The van der Waals surface area contributed by atoms with Crippen LogP contribution >= 0.6 is 0 Å². The van der Waals surface area contributed by atoms with E-state index >= 15 is 0 Å². The normalized spacial score (nSPS) is 13.0. The summed E-state index contributed by atoms with van der Waals surface area (Å²) in [6.45, 7) is 10.2. The maximum absolute atomic E-state index is 12.7. The molecule has 2 unspecified atom stereocenters. The van der Waals surface area contributed by atoms with E-state index in [0.717, 1.165) is 5.56 Å². The predicted molar refractivity (Wildman–Crippen MR) is 105 cm³/mol. The fourth-order valence-corrected chi connectivity index (χ4v) is 2.99. The van der Waals surface area contributed by atoms with Gasteiger partial charge in [0.15, 0.2) is 6.10 Å². The van der Waals surface area contributed by atoms with E-state index in [9.17, 15) is 4.79 Å². The summed E-state index contributed by atoms with van der Waals surface area (Å²) in [6.07, 6.45) is 0.0400. The van der Waals surface area contributed by atoms with Gasteiger partial charge in [-0.2, -0.15) is 0 Å². The highest BCUT2D eigenvalue weighted by atomic mass is 16.5. The Bertz CT molecular complexity index is 770. The van der Waals surface area contributed by atoms with Crippen LogP contribution in [0.3, 0.4) is 0 Å². The van der Waals surface area contributed by atoms with Gasteiger partial charge in [0, 0.05) is 6.07 Å². The fraction of sp³-hybridized carbons (Fsp3) is 0.409. The molecule has 26 heavy (non-hydrogen) atoms. The maximum atomic E-state index is 12.7. The van der Waals surface area contributed by atoms with Gasteiger partial charge in [-0.3, -0.25) is 4.79 Å². The number of benzene rings is 2. The molecule has 4 heteroatoms. The molecule has 0 bridgehead atoms. The van der Waals surface area contributed by atoms with Crippen molar-refractivity contribution in [1.29, 1.82) is 0 Å². The molecule has 140 valence electrons. The van der Waals surface area contributed by atoms with Gasteiger partial charge in [-0.25, -0.2) is 0 Å². The average Bonchev–Trinajstić information content (AvgIpc) is 2.62. The van der Waals surface area contributed by atoms with Gasteiger partial charge >= 0.3 is 0 Å². The molecule has 2 aromatic rings. The van der Waals surface area contributed by atoms with Crippen LogP contribution in [0.1, 0.15) is 48.6 Å². The minimum atomic E-state index is -0.545. The first kappa shape index (κ1) is 19.8. The molecule has 0 aliphatic heterocycles. The second kappa shape index (κ2) is 8.75. The summed E-state index contributed by atoms with van der Waals surface area (Å²) < 4.78 is 11.1. The summed E-state index contributed by atoms with van der Waals surface area (Å²) in [5, 5.41) is 3.09. The number of aryl methyl sites for hydroxylation is 3. The van der Waals surface area contributed by atoms with Crippen LogP contribution in [0.2, 0.25) is 0 Å². The minimum Gasteiger partial charge on any atom is -0.497 e. The van der Waals surface area contributed by atoms with Gasteiger partial charge < -0.3 is 14.8 Å². The van der Waals surface area contributed by atoms with Crippen molar-refractivity contribution in [1.82, 2.24) is 5.32 Å². The van der Waals surface area contributed by atoms with E-state index in [1.54, 1.807) is 13.2 Å². The van der Waals surface area contributed by atoms with Gasteiger partial charge in [0.2, 0.25) is 0 Å². The monoisotopic (exact) mass is 355 g/mol. The molecule has 0 fully saturated rings. The molecule has 0 heterocycles. The van der Waals surface area contributed by atoms with E-state index < -0.39 is 6.10 Å². The van der Waals surface area contributed by atoms with E-state index in [1.165, 1.54) is 16.7 Å². The highest BCUT2D eigenvalue weighted by Gasteiger charge is 2.21. The van der Waals surface area contributed by atoms with Crippen LogP contribution in [-0.2, 0) is 4.79 Å². The lowest BCUT2D eigenvalue weighted by Crippen LogP contribution is -2.39. The van der Waals surface area contributed by atoms with Crippen LogP contribution in [0, 0.1) is 20.8 Å². The number of amides is 1. The summed E-state index contributed by atoms with van der Waals surface area (Å²) in [6, 6.07) is 11.5. The Labute approximate surface area is 156 Å². The predicted octanol–water partition coefficient (Wildman–Crippen LogP) is 4.66. The number of hydrogen-bond donors (Lipinski definition) is 1. The van der Waals surface area contributed by atoms with Crippen molar-refractivity contribution in [2.45, 2.75) is 53.2 Å². The molecule has 0 aliphatic carbocycles. The molecular weight excluding hydrogens is 326 g/mol. The van der Waals surface area contributed by atoms with E-state index in [1.807, 2.05) is 32.0 Å². The molecule has 0 saturated carbocycles. The van der Waals surface area contributed by atoms with Crippen molar-refractivity contribution in [3.05, 3.63) is 58.7 Å². The molecule has 0 spiro atoms. The Balaban J connectivity index is 2.09. The Morgan fingerprint density at radius 2 is 1.69 bits per heavy atom. The van der Waals surface area contributed by atoms with Crippen molar-refractivity contribution in [3.63, 3.8) is 0 Å². The Morgan fingerprint density at radius 3 is 2.35 bits per heavy atom. The second-order valence-corrected chi connectivity index (χ2v) is 6.72. The molecule has 1 amide bonds. The van der Waals surface area contributed by atoms with Crippen molar-refractivity contribution in [2.75, 3.05) is 7.11 Å². The van der Waals surface area contributed by atoms with E-state index in [-0.39, 0.29) is 11.9 Å². The molecule has 0 aliphatic rings. The number of carbonyl (C=O) groups is 1. The first-order valence-corrected chi connectivity index (χ1v) is 9.04. The topological polar surface area (TPSA) is 47.6 Å². The van der Waals surface area contributed by atoms with Gasteiger partial charge in [-0.15, -0.1) is 0 Å². The highest BCUT2D eigenvalue weighted by molar-refractivity contribution is 5.81. The lowest BCUT2D eigenvalue weighted by atomic mass is 9.96. The van der Waals surface area contributed by atoms with Crippen molar-refractivity contribution in [3.8, 4) is 11.5 Å². The van der Waals surface area contributed by atoms with Crippen molar-refractivity contribution in [2.24, 2.45) is 0 Å². The Morgan fingerprint density at radius 1 is 1.04 bits per heavy atom. The summed E-state index contributed by atoms with van der Waals surface area (Å²) in [5.74, 6) is 1.22. The minimum absolute atomic E-state index is 0.0789. The van der Waals surface area contributed by atoms with Crippen LogP contribution in [0.4, 0.5) is 0 Å². The first-order chi connectivity index (χ1) is 12.3. The Hall–Kier alpha value is -2.49. The van der Waals surface area contributed by atoms with Crippen LogP contribution in [0.5, 0.6) is 11.5 Å². The second-order valence-electron chi connectivity index (χ2n) is 6.72. The number of rotatable bonds is 7. The van der Waals surface area contributed by atoms with E-state index in [0.29, 0.717) is 17.9 Å². The third kappa shape index (κ3) is 4.78. The number of nitrogens with one attached hydrogen (secondary N) is 1. The summed E-state index contributed by atoms with van der Waals surface area (Å²) in [7, 11) is 1.61. The lowest BCUT2D eigenvalue weighted by molar-refractivity contribution is -0.128. The zero-order chi connectivity index (χ0) is 19.3. The van der Waals surface area contributed by atoms with Crippen LogP contribution in [-0.4, -0.2) is 19.1 Å². The third-order valence-electron chi connectivity index (χ3n) is 4.69. The maximum Gasteiger partial charge on any atom is 0.261 e. The average molecular weight is 355 g/mol. The highest BCUT2D eigenvalue weighted by Crippen LogP contribution is 2.23. The van der Waals surface area contributed by atoms with Gasteiger partial charge in [-0.1, -0.05) is 25.1 Å². The molecule has 0 radical (unpaired) electrons. The largest absolute Gasteiger partial charge is 0.497 e. The van der Waals surface area contributed by atoms with Gasteiger partial charge in [0.05, 0.1) is 13.2 Å². The zero-order valence-corrected chi connectivity index (χ0v) is 16.6. The molecule has 0 aromatic heterocycles. The number of hydrogen-bond acceptors (Lipinski definition) is 3. The molecule has 4 nitrogen and oxygen atoms in total. The van der Waals surface area contributed by atoms with Crippen molar-refractivity contribution < 1.29 is 14.3 Å². The van der Waals surface area contributed by atoms with Crippen molar-refractivity contribution >= 4 is 5.91 Å². The summed E-state index contributed by atoms with van der Waals surface area (Å²) in [4.78, 5) is 12.7. The lowest BCUT2D eigenvalue weighted by Gasteiger charge is -2.22. The van der Waals surface area contributed by atoms with Gasteiger partial charge in [0.25, 0.3) is 5.91 Å². The smallest absolute Gasteiger partial charge is 0.261 e. The van der Waals surface area contributed by atoms with Crippen LogP contribution in [0.25, 0.3) is 0 Å². The SMILES string of the molecule is CCC(Oc1cccc(OC)c1)C(=O)NC(C)c1cc(C)c(C)cc1C. The van der Waals surface area contributed by atoms with Gasteiger partial charge in [-0.05, 0) is 68.5 Å². The standard InChI is InChI=1S/C22H29NO3/c1-7-21(26-19-10-8-9-18(13-19)25-6)22(24)23-17(5)20-12-15(3)14(2)11-16(20)4/h8-13,17,21H,7H2,1-6H3,(H,23,24). The summed E-state index contributed by atoms with van der Waals surface area (Å²) >= 11 is 0. The molecule has 2 rings (SSSR count). The third-order valence-corrected chi connectivity index (χ3v) is 4.69. The van der Waals surface area contributed by atoms with E-state index in [2.05, 4.69) is 38.2 Å². The van der Waals surface area contributed by atoms with Gasteiger partial charge in [0.1, 0.15) is 11.5 Å². The number of ether oxygens (including phenoxy) is 2. The number of methoxy groups -OCH3 is 1. The molecule has 0 saturated heterocycles. The van der Waals surface area contributed by atoms with Crippen LogP contribution in [0.15, 0.2) is 36.4 Å². The number of carbonyl (C=O) groups excluding carboxylic acids is 1. The summed E-state index contributed by atoms with van der Waals surface area (Å²) in [5.41, 5.74) is 4.81. The first-order valence-electron chi connectivity index (χ1n) is 9.04. The quantitative estimate of drug-likeness (QED) is 0.786. The molecular formula is C22H29NO3. The fourth-order valence-electron chi connectivity index (χ4n) is 2.99. The van der Waals surface area contributed by atoms with E-state index in [4.69, 9.17) is 9.47 Å². The molecule has 1 N–H and O–H groups in total. The zero-order valence-electron chi connectivity index (χ0n) is 16.6. The Kier molecular flexibility index (Phi) is 6.67. The van der Waals surface area contributed by atoms with Crippen LogP contribution < -0.4 is 14.8 Å².